The maximum Gasteiger partial charge on any atom is 0.302 e. The number of rotatable bonds is 5. The molecule has 0 atom stereocenters. The number of nitrogens with zero attached hydrogens (tertiary/aromatic N) is 2. The zero-order valence-electron chi connectivity index (χ0n) is 15.9. The van der Waals surface area contributed by atoms with Crippen LogP contribution in [0.15, 0.2) is 12.1 Å². The van der Waals surface area contributed by atoms with E-state index in [0.29, 0.717) is 6.61 Å². The highest BCUT2D eigenvalue weighted by Crippen LogP contribution is 2.00. The lowest BCUT2D eigenvalue weighted by Crippen LogP contribution is -1.95. The van der Waals surface area contributed by atoms with Crippen molar-refractivity contribution < 1.29 is 9.53 Å². The highest BCUT2D eigenvalue weighted by Gasteiger charge is 1.94. The van der Waals surface area contributed by atoms with Gasteiger partial charge in [0.25, 0.3) is 0 Å². The van der Waals surface area contributed by atoms with Gasteiger partial charge in [-0.3, -0.25) is 15.0 Å². The number of esters is 1. The van der Waals surface area contributed by atoms with Gasteiger partial charge in [0.15, 0.2) is 0 Å². The molecule has 0 radical (unpaired) electrons. The zero-order valence-corrected chi connectivity index (χ0v) is 15.9. The lowest BCUT2D eigenvalue weighted by molar-refractivity contribution is -0.140. The zero-order chi connectivity index (χ0) is 18.4. The van der Waals surface area contributed by atoms with Crippen LogP contribution in [0, 0.1) is 0 Å². The molecular weight excluding hydrogens is 304 g/mol. The number of ether oxygens (including phenoxy) is 1. The Morgan fingerprint density at radius 2 is 1.29 bits per heavy atom. The van der Waals surface area contributed by atoms with Crippen LogP contribution in [-0.4, -0.2) is 33.0 Å². The van der Waals surface area contributed by atoms with Crippen LogP contribution >= 0.6 is 0 Å². The second kappa shape index (κ2) is 13.3. The summed E-state index contributed by atoms with van der Waals surface area (Å²) in [6, 6.07) is 4.22. The van der Waals surface area contributed by atoms with Crippen molar-refractivity contribution in [2.45, 2.75) is 67.2 Å². The molecule has 0 amide bonds. The number of aryl methyl sites for hydroxylation is 4. The summed E-state index contributed by atoms with van der Waals surface area (Å²) in [5, 5.41) is 14.1. The van der Waals surface area contributed by atoms with Gasteiger partial charge in [-0.05, 0) is 44.7 Å². The Balaban J connectivity index is 0.000000340. The van der Waals surface area contributed by atoms with Gasteiger partial charge in [-0.1, -0.05) is 27.7 Å². The number of carbonyl (C=O) groups excluding carboxylic acids is 1. The first-order valence-corrected chi connectivity index (χ1v) is 8.70. The van der Waals surface area contributed by atoms with Gasteiger partial charge in [0.2, 0.25) is 0 Å². The van der Waals surface area contributed by atoms with E-state index >= 15 is 0 Å². The van der Waals surface area contributed by atoms with Crippen LogP contribution in [0.2, 0.25) is 0 Å². The Kier molecular flexibility index (Phi) is 12.2. The fraction of sp³-hybridized carbons (Fsp3) is 0.611. The Labute approximate surface area is 145 Å². The number of carbonyl (C=O) groups is 1. The van der Waals surface area contributed by atoms with Crippen molar-refractivity contribution in [3.8, 4) is 0 Å². The van der Waals surface area contributed by atoms with Gasteiger partial charge in [0, 0.05) is 18.3 Å². The summed E-state index contributed by atoms with van der Waals surface area (Å²) in [5.41, 5.74) is 4.78. The van der Waals surface area contributed by atoms with E-state index in [2.05, 4.69) is 65.0 Å². The van der Waals surface area contributed by atoms with Crippen LogP contribution in [0.5, 0.6) is 0 Å². The van der Waals surface area contributed by atoms with Crippen LogP contribution in [0.1, 0.15) is 64.3 Å². The summed E-state index contributed by atoms with van der Waals surface area (Å²) in [5.74, 6) is -0.211. The van der Waals surface area contributed by atoms with Crippen molar-refractivity contribution in [3.05, 3.63) is 34.9 Å². The minimum atomic E-state index is -0.211. The van der Waals surface area contributed by atoms with Crippen molar-refractivity contribution in [3.63, 3.8) is 0 Å². The normalized spacial score (nSPS) is 9.42. The first-order valence-electron chi connectivity index (χ1n) is 8.70. The molecule has 6 nitrogen and oxygen atoms in total. The molecule has 2 aromatic heterocycles. The SMILES string of the molecule is CCOC(C)=O.CCc1cc(CC)[nH]n1.CCc1cc(CC)[nH]n1. The fourth-order valence-electron chi connectivity index (χ4n) is 1.75. The Bertz CT molecular complexity index is 482. The third kappa shape index (κ3) is 9.82. The van der Waals surface area contributed by atoms with E-state index in [-0.39, 0.29) is 5.97 Å². The Morgan fingerprint density at radius 1 is 0.875 bits per heavy atom. The molecule has 0 aliphatic rings. The topological polar surface area (TPSA) is 83.7 Å². The molecule has 2 N–H and O–H groups in total. The lowest BCUT2D eigenvalue weighted by atomic mass is 10.3. The molecule has 0 unspecified atom stereocenters. The average Bonchev–Trinajstić information content (AvgIpc) is 3.24. The predicted octanol–water partition coefficient (Wildman–Crippen LogP) is 3.64. The first kappa shape index (κ1) is 21.9. The van der Waals surface area contributed by atoms with Crippen molar-refractivity contribution in [1.29, 1.82) is 0 Å². The molecule has 0 spiro atoms. The van der Waals surface area contributed by atoms with Crippen molar-refractivity contribution in [2.24, 2.45) is 0 Å². The minimum Gasteiger partial charge on any atom is -0.466 e. The second-order valence-corrected chi connectivity index (χ2v) is 5.11. The molecule has 0 bridgehead atoms. The van der Waals surface area contributed by atoms with Crippen molar-refractivity contribution in [1.82, 2.24) is 20.4 Å². The van der Waals surface area contributed by atoms with E-state index in [0.717, 1.165) is 37.1 Å². The van der Waals surface area contributed by atoms with Gasteiger partial charge in [-0.25, -0.2) is 0 Å². The smallest absolute Gasteiger partial charge is 0.302 e. The summed E-state index contributed by atoms with van der Waals surface area (Å²) in [4.78, 5) is 9.82. The molecular formula is C18H32N4O2. The van der Waals surface area contributed by atoms with E-state index in [1.165, 1.54) is 18.3 Å². The van der Waals surface area contributed by atoms with Gasteiger partial charge in [0.1, 0.15) is 0 Å². The molecule has 0 aromatic carbocycles. The van der Waals surface area contributed by atoms with Crippen LogP contribution in [-0.2, 0) is 35.2 Å². The van der Waals surface area contributed by atoms with Gasteiger partial charge in [-0.2, -0.15) is 10.2 Å². The standard InChI is InChI=1S/2C7H12N2.C4H8O2/c2*1-3-6-5-7(4-2)9-8-6;1-3-6-4(2)5/h2*5H,3-4H2,1-2H3,(H,8,9);3H2,1-2H3. The van der Waals surface area contributed by atoms with E-state index in [9.17, 15) is 4.79 Å². The number of hydrogen-bond donors (Lipinski definition) is 2. The summed E-state index contributed by atoms with van der Waals surface area (Å²) in [6.07, 6.45) is 4.15. The van der Waals surface area contributed by atoms with Crippen LogP contribution in [0.4, 0.5) is 0 Å². The fourth-order valence-corrected chi connectivity index (χ4v) is 1.75. The molecule has 2 aromatic rings. The number of nitrogens with one attached hydrogen (secondary N) is 2. The minimum absolute atomic E-state index is 0.211. The Morgan fingerprint density at radius 3 is 1.42 bits per heavy atom. The van der Waals surface area contributed by atoms with Crippen LogP contribution < -0.4 is 0 Å². The maximum atomic E-state index is 9.82. The highest BCUT2D eigenvalue weighted by atomic mass is 16.5. The highest BCUT2D eigenvalue weighted by molar-refractivity contribution is 5.65. The van der Waals surface area contributed by atoms with E-state index < -0.39 is 0 Å². The predicted molar refractivity (Wildman–Crippen MR) is 97.0 cm³/mol. The molecule has 0 saturated heterocycles. The number of aromatic amines is 2. The van der Waals surface area contributed by atoms with E-state index in [1.54, 1.807) is 6.92 Å². The molecule has 136 valence electrons. The lowest BCUT2D eigenvalue weighted by Gasteiger charge is -1.89. The van der Waals surface area contributed by atoms with Crippen LogP contribution in [0.3, 0.4) is 0 Å². The second-order valence-electron chi connectivity index (χ2n) is 5.11. The van der Waals surface area contributed by atoms with Gasteiger partial charge >= 0.3 is 5.97 Å². The largest absolute Gasteiger partial charge is 0.466 e. The van der Waals surface area contributed by atoms with Crippen molar-refractivity contribution >= 4 is 5.97 Å². The molecule has 24 heavy (non-hydrogen) atoms. The molecule has 0 aliphatic carbocycles. The summed E-state index contributed by atoms with van der Waals surface area (Å²) >= 11 is 0. The van der Waals surface area contributed by atoms with Crippen LogP contribution in [0.25, 0.3) is 0 Å². The molecule has 0 aliphatic heterocycles. The molecule has 2 heterocycles. The van der Waals surface area contributed by atoms with Gasteiger partial charge in [-0.15, -0.1) is 0 Å². The number of aromatic nitrogens is 4. The van der Waals surface area contributed by atoms with E-state index in [1.807, 2.05) is 0 Å². The van der Waals surface area contributed by atoms with E-state index in [4.69, 9.17) is 0 Å². The van der Waals surface area contributed by atoms with Gasteiger partial charge in [0.05, 0.1) is 18.0 Å². The first-order chi connectivity index (χ1) is 11.5. The molecule has 6 heteroatoms. The maximum absolute atomic E-state index is 9.82. The third-order valence-corrected chi connectivity index (χ3v) is 3.20. The molecule has 0 saturated carbocycles. The summed E-state index contributed by atoms with van der Waals surface area (Å²) < 4.78 is 4.40. The number of hydrogen-bond acceptors (Lipinski definition) is 4. The third-order valence-electron chi connectivity index (χ3n) is 3.20. The summed E-state index contributed by atoms with van der Waals surface area (Å²) in [6.45, 7) is 12.1. The Hall–Kier alpha value is -2.11. The summed E-state index contributed by atoms with van der Waals surface area (Å²) in [7, 11) is 0. The van der Waals surface area contributed by atoms with Gasteiger partial charge < -0.3 is 4.74 Å². The molecule has 2 rings (SSSR count). The average molecular weight is 336 g/mol. The molecule has 0 fully saturated rings. The monoisotopic (exact) mass is 336 g/mol. The van der Waals surface area contributed by atoms with Crippen molar-refractivity contribution in [2.75, 3.05) is 6.61 Å². The number of H-pyrrole nitrogens is 2. The quantitative estimate of drug-likeness (QED) is 0.817.